The third kappa shape index (κ3) is 3.42. The maximum absolute atomic E-state index is 13.6. The molecule has 1 N–H and O–H groups in total. The normalized spacial score (nSPS) is 45.5. The highest BCUT2D eigenvalue weighted by Gasteiger charge is 2.58. The lowest BCUT2D eigenvalue weighted by molar-refractivity contribution is -0.133. The van der Waals surface area contributed by atoms with Crippen molar-refractivity contribution >= 4 is 5.78 Å². The SMILES string of the molecule is C[C@@]1(O)CC[C@H]2[C@H](CC[C@@H]3[C@@H]2CC[C@]2(C)[C@@H](C(=O)Cn4cc5c(n4)CCCC5)CC[C@@H]32)C1. The molecular weight excluding hydrogens is 396 g/mol. The first kappa shape index (κ1) is 21.4. The van der Waals surface area contributed by atoms with E-state index in [4.69, 9.17) is 5.10 Å². The molecule has 0 bridgehead atoms. The Kier molecular flexibility index (Phi) is 5.13. The summed E-state index contributed by atoms with van der Waals surface area (Å²) in [6.45, 7) is 5.00. The molecule has 6 rings (SSSR count). The second-order valence-electron chi connectivity index (χ2n) is 12.8. The Hall–Kier alpha value is -1.16. The lowest BCUT2D eigenvalue weighted by atomic mass is 9.49. The summed E-state index contributed by atoms with van der Waals surface area (Å²) in [6.07, 6.45) is 17.6. The lowest BCUT2D eigenvalue weighted by Crippen LogP contribution is -2.51. The maximum atomic E-state index is 13.6. The molecule has 5 aliphatic rings. The molecule has 5 aliphatic carbocycles. The molecule has 4 nitrogen and oxygen atoms in total. The Morgan fingerprint density at radius 1 is 1.03 bits per heavy atom. The summed E-state index contributed by atoms with van der Waals surface area (Å²) in [6, 6.07) is 0. The van der Waals surface area contributed by atoms with Crippen molar-refractivity contribution in [2.45, 2.75) is 109 Å². The van der Waals surface area contributed by atoms with Crippen LogP contribution < -0.4 is 0 Å². The fourth-order valence-corrected chi connectivity index (χ4v) is 9.49. The van der Waals surface area contributed by atoms with Gasteiger partial charge in [0, 0.05) is 12.1 Å². The number of hydrogen-bond donors (Lipinski definition) is 1. The van der Waals surface area contributed by atoms with Crippen LogP contribution >= 0.6 is 0 Å². The predicted octanol–water partition coefficient (Wildman–Crippen LogP) is 5.35. The standard InChI is InChI=1S/C28H42N2O2/c1-27(32)13-11-20-18(15-27)7-8-22-21(20)12-14-28(2)23(22)9-10-24(28)26(31)17-30-16-19-5-3-4-6-25(19)29-30/h16,18,20-24,32H,3-15,17H2,1-2H3/t18-,20+,21-,22-,23+,24-,27-,28+/m1/s1. The molecule has 8 atom stereocenters. The molecule has 176 valence electrons. The van der Waals surface area contributed by atoms with Crippen LogP contribution in [0, 0.1) is 40.9 Å². The quantitative estimate of drug-likeness (QED) is 0.692. The first-order valence-electron chi connectivity index (χ1n) is 13.6. The molecule has 0 unspecified atom stereocenters. The van der Waals surface area contributed by atoms with E-state index in [9.17, 15) is 9.90 Å². The van der Waals surface area contributed by atoms with E-state index in [1.807, 2.05) is 4.68 Å². The van der Waals surface area contributed by atoms with Gasteiger partial charge in [-0.1, -0.05) is 6.92 Å². The second kappa shape index (κ2) is 7.68. The van der Waals surface area contributed by atoms with E-state index in [0.29, 0.717) is 12.3 Å². The van der Waals surface area contributed by atoms with Crippen LogP contribution in [0.5, 0.6) is 0 Å². The average molecular weight is 439 g/mol. The molecule has 0 spiro atoms. The lowest BCUT2D eigenvalue weighted by Gasteiger charge is -2.56. The summed E-state index contributed by atoms with van der Waals surface area (Å²) in [4.78, 5) is 13.6. The van der Waals surface area contributed by atoms with Crippen LogP contribution in [0.3, 0.4) is 0 Å². The van der Waals surface area contributed by atoms with Gasteiger partial charge in [0.2, 0.25) is 0 Å². The molecule has 0 aromatic carbocycles. The van der Waals surface area contributed by atoms with Crippen molar-refractivity contribution in [3.63, 3.8) is 0 Å². The Labute approximate surface area is 193 Å². The van der Waals surface area contributed by atoms with Crippen LogP contribution in [0.4, 0.5) is 0 Å². The smallest absolute Gasteiger partial charge is 0.157 e. The molecule has 1 heterocycles. The molecule has 0 aliphatic heterocycles. The van der Waals surface area contributed by atoms with Crippen molar-refractivity contribution in [3.05, 3.63) is 17.5 Å². The largest absolute Gasteiger partial charge is 0.390 e. The van der Waals surface area contributed by atoms with E-state index >= 15 is 0 Å². The van der Waals surface area contributed by atoms with Gasteiger partial charge in [0.1, 0.15) is 0 Å². The zero-order valence-electron chi connectivity index (χ0n) is 20.2. The van der Waals surface area contributed by atoms with Crippen molar-refractivity contribution in [2.75, 3.05) is 0 Å². The fraction of sp³-hybridized carbons (Fsp3) is 0.857. The minimum atomic E-state index is -0.437. The maximum Gasteiger partial charge on any atom is 0.157 e. The van der Waals surface area contributed by atoms with Gasteiger partial charge in [0.15, 0.2) is 5.78 Å². The summed E-state index contributed by atoms with van der Waals surface area (Å²) in [5, 5.41) is 15.4. The van der Waals surface area contributed by atoms with Crippen molar-refractivity contribution in [1.29, 1.82) is 0 Å². The number of fused-ring (bicyclic) bond motifs is 6. The van der Waals surface area contributed by atoms with Crippen molar-refractivity contribution in [3.8, 4) is 0 Å². The number of hydrogen-bond acceptors (Lipinski definition) is 3. The highest BCUT2D eigenvalue weighted by atomic mass is 16.3. The molecule has 4 heteroatoms. The molecular formula is C28H42N2O2. The van der Waals surface area contributed by atoms with Gasteiger partial charge in [-0.05, 0) is 131 Å². The van der Waals surface area contributed by atoms with Crippen LogP contribution in [0.2, 0.25) is 0 Å². The molecule has 0 saturated heterocycles. The minimum Gasteiger partial charge on any atom is -0.390 e. The van der Waals surface area contributed by atoms with Crippen molar-refractivity contribution < 1.29 is 9.90 Å². The Morgan fingerprint density at radius 2 is 1.84 bits per heavy atom. The van der Waals surface area contributed by atoms with Gasteiger partial charge in [0.05, 0.1) is 17.8 Å². The number of rotatable bonds is 3. The number of Topliss-reactive ketones (excluding diaryl/α,β-unsaturated/α-hetero) is 1. The van der Waals surface area contributed by atoms with Crippen LogP contribution in [-0.2, 0) is 24.2 Å². The molecule has 1 aromatic rings. The third-order valence-electron chi connectivity index (χ3n) is 11.0. The molecule has 0 amide bonds. The minimum absolute atomic E-state index is 0.192. The van der Waals surface area contributed by atoms with Gasteiger partial charge < -0.3 is 5.11 Å². The summed E-state index contributed by atoms with van der Waals surface area (Å²) in [5.41, 5.74) is 2.37. The zero-order valence-corrected chi connectivity index (χ0v) is 20.2. The van der Waals surface area contributed by atoms with Gasteiger partial charge in [-0.25, -0.2) is 0 Å². The Morgan fingerprint density at radius 3 is 2.69 bits per heavy atom. The average Bonchev–Trinajstić information content (AvgIpc) is 3.32. The third-order valence-corrected chi connectivity index (χ3v) is 11.0. The molecule has 32 heavy (non-hydrogen) atoms. The van der Waals surface area contributed by atoms with Gasteiger partial charge in [0.25, 0.3) is 0 Å². The van der Waals surface area contributed by atoms with E-state index in [-0.39, 0.29) is 11.3 Å². The number of nitrogens with zero attached hydrogens (tertiary/aromatic N) is 2. The molecule has 4 saturated carbocycles. The van der Waals surface area contributed by atoms with E-state index in [2.05, 4.69) is 20.0 Å². The van der Waals surface area contributed by atoms with Crippen LogP contribution in [0.25, 0.3) is 0 Å². The van der Waals surface area contributed by atoms with Gasteiger partial charge in [-0.15, -0.1) is 0 Å². The summed E-state index contributed by atoms with van der Waals surface area (Å²) >= 11 is 0. The number of carbonyl (C=O) groups is 1. The second-order valence-corrected chi connectivity index (χ2v) is 12.8. The Bertz CT molecular complexity index is 864. The Balaban J connectivity index is 1.16. The van der Waals surface area contributed by atoms with Gasteiger partial charge >= 0.3 is 0 Å². The summed E-state index contributed by atoms with van der Waals surface area (Å²) < 4.78 is 1.97. The van der Waals surface area contributed by atoms with E-state index in [0.717, 1.165) is 61.7 Å². The van der Waals surface area contributed by atoms with E-state index in [1.54, 1.807) is 0 Å². The first-order valence-corrected chi connectivity index (χ1v) is 13.6. The summed E-state index contributed by atoms with van der Waals surface area (Å²) in [5.74, 6) is 4.60. The van der Waals surface area contributed by atoms with E-state index in [1.165, 1.54) is 62.6 Å². The van der Waals surface area contributed by atoms with Crippen LogP contribution in [-0.4, -0.2) is 26.3 Å². The number of ketones is 1. The monoisotopic (exact) mass is 438 g/mol. The molecule has 1 aromatic heterocycles. The van der Waals surface area contributed by atoms with Gasteiger partial charge in [-0.3, -0.25) is 9.48 Å². The number of carbonyl (C=O) groups excluding carboxylic acids is 1. The molecule has 4 fully saturated rings. The van der Waals surface area contributed by atoms with Crippen molar-refractivity contribution in [1.82, 2.24) is 9.78 Å². The predicted molar refractivity (Wildman–Crippen MR) is 125 cm³/mol. The number of aromatic nitrogens is 2. The fourth-order valence-electron chi connectivity index (χ4n) is 9.49. The number of aryl methyl sites for hydroxylation is 2. The first-order chi connectivity index (χ1) is 15.3. The summed E-state index contributed by atoms with van der Waals surface area (Å²) in [7, 11) is 0. The molecule has 0 radical (unpaired) electrons. The van der Waals surface area contributed by atoms with Crippen molar-refractivity contribution in [2.24, 2.45) is 40.9 Å². The highest BCUT2D eigenvalue weighted by molar-refractivity contribution is 5.82. The van der Waals surface area contributed by atoms with E-state index < -0.39 is 5.60 Å². The number of aliphatic hydroxyl groups is 1. The van der Waals surface area contributed by atoms with Gasteiger partial charge in [-0.2, -0.15) is 5.10 Å². The highest BCUT2D eigenvalue weighted by Crippen LogP contribution is 2.64. The van der Waals surface area contributed by atoms with Crippen LogP contribution in [0.1, 0.15) is 95.7 Å². The zero-order chi connectivity index (χ0) is 22.1. The topological polar surface area (TPSA) is 55.1 Å². The van der Waals surface area contributed by atoms with Crippen LogP contribution in [0.15, 0.2) is 6.20 Å².